The van der Waals surface area contributed by atoms with E-state index in [1.165, 1.54) is 12.1 Å². The van der Waals surface area contributed by atoms with Gasteiger partial charge in [-0.15, -0.1) is 13.2 Å². The molecule has 1 aromatic rings. The molecule has 128 valence electrons. The number of alkyl halides is 3. The Kier molecular flexibility index (Phi) is 6.00. The fourth-order valence-corrected chi connectivity index (χ4v) is 1.94. The number of halogens is 3. The molecule has 1 aromatic carbocycles. The van der Waals surface area contributed by atoms with Gasteiger partial charge in [0.05, 0.1) is 6.42 Å². The van der Waals surface area contributed by atoms with E-state index in [4.69, 9.17) is 5.11 Å². The van der Waals surface area contributed by atoms with Crippen LogP contribution in [0, 0.1) is 0 Å². The molecule has 0 saturated heterocycles. The highest BCUT2D eigenvalue weighted by atomic mass is 19.4. The van der Waals surface area contributed by atoms with Gasteiger partial charge in [-0.1, -0.05) is 12.1 Å². The lowest BCUT2D eigenvalue weighted by molar-refractivity contribution is -0.274. The third-order valence-corrected chi connectivity index (χ3v) is 2.94. The molecule has 0 aromatic heterocycles. The summed E-state index contributed by atoms with van der Waals surface area (Å²) in [4.78, 5) is 22.5. The highest BCUT2D eigenvalue weighted by Crippen LogP contribution is 2.23. The van der Waals surface area contributed by atoms with Gasteiger partial charge in [-0.2, -0.15) is 0 Å². The Labute approximate surface area is 131 Å². The number of benzene rings is 1. The Hall–Kier alpha value is -2.25. The monoisotopic (exact) mass is 333 g/mol. The van der Waals surface area contributed by atoms with Gasteiger partial charge in [0.15, 0.2) is 0 Å². The van der Waals surface area contributed by atoms with Gasteiger partial charge in [0.2, 0.25) is 5.91 Å². The van der Waals surface area contributed by atoms with Gasteiger partial charge < -0.3 is 15.2 Å². The molecule has 0 aliphatic rings. The number of carboxylic acids is 1. The van der Waals surface area contributed by atoms with Crippen molar-refractivity contribution in [1.82, 2.24) is 5.32 Å². The molecule has 0 atom stereocenters. The Bertz CT molecular complexity index is 570. The molecule has 0 bridgehead atoms. The fourth-order valence-electron chi connectivity index (χ4n) is 1.94. The summed E-state index contributed by atoms with van der Waals surface area (Å²) in [5.41, 5.74) is -0.367. The van der Waals surface area contributed by atoms with Crippen LogP contribution < -0.4 is 10.1 Å². The number of hydrogen-bond donors (Lipinski definition) is 2. The molecule has 0 heterocycles. The Morgan fingerprint density at radius 1 is 1.26 bits per heavy atom. The maximum absolute atomic E-state index is 12.2. The molecule has 8 heteroatoms. The smallest absolute Gasteiger partial charge is 0.481 e. The highest BCUT2D eigenvalue weighted by molar-refractivity contribution is 5.79. The minimum absolute atomic E-state index is 0.0951. The van der Waals surface area contributed by atoms with E-state index in [2.05, 4.69) is 10.1 Å². The molecule has 2 N–H and O–H groups in total. The first-order valence-electron chi connectivity index (χ1n) is 6.84. The lowest BCUT2D eigenvalue weighted by atomic mass is 9.98. The third-order valence-electron chi connectivity index (χ3n) is 2.94. The van der Waals surface area contributed by atoms with Gasteiger partial charge in [0.1, 0.15) is 5.75 Å². The summed E-state index contributed by atoms with van der Waals surface area (Å²) in [6.07, 6.45) is -4.78. The number of ether oxygens (including phenoxy) is 1. The summed E-state index contributed by atoms with van der Waals surface area (Å²) in [7, 11) is 0. The molecule has 5 nitrogen and oxygen atoms in total. The van der Waals surface area contributed by atoms with E-state index >= 15 is 0 Å². The SMILES string of the molecule is CC(C)(CCC(=O)O)NC(=O)Cc1cccc(OC(F)(F)F)c1. The fraction of sp³-hybridized carbons (Fsp3) is 0.467. The van der Waals surface area contributed by atoms with Crippen LogP contribution in [-0.2, 0) is 16.0 Å². The van der Waals surface area contributed by atoms with E-state index in [-0.39, 0.29) is 19.3 Å². The topological polar surface area (TPSA) is 75.6 Å². The number of aliphatic carboxylic acids is 1. The van der Waals surface area contributed by atoms with Crippen molar-refractivity contribution in [3.05, 3.63) is 29.8 Å². The molecule has 0 fully saturated rings. The number of nitrogens with one attached hydrogen (secondary N) is 1. The van der Waals surface area contributed by atoms with E-state index in [1.54, 1.807) is 13.8 Å². The van der Waals surface area contributed by atoms with Gasteiger partial charge in [0, 0.05) is 12.0 Å². The van der Waals surface area contributed by atoms with Crippen LogP contribution in [0.1, 0.15) is 32.3 Å². The van der Waals surface area contributed by atoms with E-state index in [1.807, 2.05) is 0 Å². The average molecular weight is 333 g/mol. The maximum atomic E-state index is 12.2. The van der Waals surface area contributed by atoms with Crippen LogP contribution in [0.2, 0.25) is 0 Å². The number of carbonyl (C=O) groups is 2. The van der Waals surface area contributed by atoms with Crippen molar-refractivity contribution in [2.45, 2.75) is 45.0 Å². The first kappa shape index (κ1) is 18.8. The zero-order chi connectivity index (χ0) is 17.7. The summed E-state index contributed by atoms with van der Waals surface area (Å²) < 4.78 is 40.3. The molecule has 0 radical (unpaired) electrons. The second-order valence-corrected chi connectivity index (χ2v) is 5.70. The standard InChI is InChI=1S/C15H18F3NO4/c1-14(2,7-6-13(21)22)19-12(20)9-10-4-3-5-11(8-10)23-15(16,17)18/h3-5,8H,6-7,9H2,1-2H3,(H,19,20)(H,21,22). The molecular formula is C15H18F3NO4. The molecule has 0 unspecified atom stereocenters. The van der Waals surface area contributed by atoms with Gasteiger partial charge >= 0.3 is 12.3 Å². The predicted octanol–water partition coefficient (Wildman–Crippen LogP) is 2.89. The highest BCUT2D eigenvalue weighted by Gasteiger charge is 2.31. The van der Waals surface area contributed by atoms with Crippen LogP contribution in [0.3, 0.4) is 0 Å². The summed E-state index contributed by atoms with van der Waals surface area (Å²) >= 11 is 0. The number of hydrogen-bond acceptors (Lipinski definition) is 3. The zero-order valence-corrected chi connectivity index (χ0v) is 12.7. The van der Waals surface area contributed by atoms with Crippen molar-refractivity contribution < 1.29 is 32.6 Å². The molecule has 0 aliphatic heterocycles. The van der Waals surface area contributed by atoms with Crippen molar-refractivity contribution in [3.63, 3.8) is 0 Å². The summed E-state index contributed by atoms with van der Waals surface area (Å²) in [5.74, 6) is -1.78. The first-order chi connectivity index (χ1) is 10.5. The van der Waals surface area contributed by atoms with Crippen LogP contribution in [-0.4, -0.2) is 28.9 Å². The Morgan fingerprint density at radius 2 is 1.91 bits per heavy atom. The quantitative estimate of drug-likeness (QED) is 0.804. The van der Waals surface area contributed by atoms with Crippen LogP contribution >= 0.6 is 0 Å². The minimum atomic E-state index is -4.79. The van der Waals surface area contributed by atoms with E-state index in [9.17, 15) is 22.8 Å². The molecule has 1 rings (SSSR count). The van der Waals surface area contributed by atoms with Crippen LogP contribution in [0.4, 0.5) is 13.2 Å². The summed E-state index contributed by atoms with van der Waals surface area (Å²) in [6, 6.07) is 5.15. The van der Waals surface area contributed by atoms with Crippen molar-refractivity contribution in [3.8, 4) is 5.75 Å². The Morgan fingerprint density at radius 3 is 2.48 bits per heavy atom. The average Bonchev–Trinajstić information content (AvgIpc) is 2.34. The molecule has 0 saturated carbocycles. The second-order valence-electron chi connectivity index (χ2n) is 5.70. The lowest BCUT2D eigenvalue weighted by Gasteiger charge is -2.25. The number of amides is 1. The van der Waals surface area contributed by atoms with Gasteiger partial charge in [-0.05, 0) is 38.0 Å². The van der Waals surface area contributed by atoms with Crippen LogP contribution in [0.15, 0.2) is 24.3 Å². The van der Waals surface area contributed by atoms with E-state index in [0.29, 0.717) is 5.56 Å². The third kappa shape index (κ3) is 8.08. The minimum Gasteiger partial charge on any atom is -0.481 e. The molecule has 23 heavy (non-hydrogen) atoms. The summed E-state index contributed by atoms with van der Waals surface area (Å²) in [5, 5.41) is 11.3. The zero-order valence-electron chi connectivity index (χ0n) is 12.7. The first-order valence-corrected chi connectivity index (χ1v) is 6.84. The predicted molar refractivity (Wildman–Crippen MR) is 75.9 cm³/mol. The van der Waals surface area contributed by atoms with Crippen molar-refractivity contribution >= 4 is 11.9 Å². The van der Waals surface area contributed by atoms with Gasteiger partial charge in [-0.25, -0.2) is 0 Å². The second kappa shape index (κ2) is 7.34. The number of rotatable bonds is 7. The molecule has 1 amide bonds. The van der Waals surface area contributed by atoms with E-state index in [0.717, 1.165) is 12.1 Å². The van der Waals surface area contributed by atoms with Crippen LogP contribution in [0.25, 0.3) is 0 Å². The van der Waals surface area contributed by atoms with Crippen LogP contribution in [0.5, 0.6) is 5.75 Å². The maximum Gasteiger partial charge on any atom is 0.573 e. The Balaban J connectivity index is 2.63. The molecular weight excluding hydrogens is 315 g/mol. The van der Waals surface area contributed by atoms with Gasteiger partial charge in [0.25, 0.3) is 0 Å². The van der Waals surface area contributed by atoms with E-state index < -0.39 is 29.5 Å². The lowest BCUT2D eigenvalue weighted by Crippen LogP contribution is -2.44. The normalized spacial score (nSPS) is 11.9. The number of carboxylic acid groups (broad SMARTS) is 1. The summed E-state index contributed by atoms with van der Waals surface area (Å²) in [6.45, 7) is 3.36. The molecule has 0 aliphatic carbocycles. The largest absolute Gasteiger partial charge is 0.573 e. The van der Waals surface area contributed by atoms with Crippen molar-refractivity contribution in [1.29, 1.82) is 0 Å². The van der Waals surface area contributed by atoms with Crippen molar-refractivity contribution in [2.24, 2.45) is 0 Å². The van der Waals surface area contributed by atoms with Gasteiger partial charge in [-0.3, -0.25) is 9.59 Å². The number of carbonyl (C=O) groups excluding carboxylic acids is 1. The molecule has 0 spiro atoms. The van der Waals surface area contributed by atoms with Crippen molar-refractivity contribution in [2.75, 3.05) is 0 Å².